The molecule has 1 amide bonds. The minimum atomic E-state index is 0.0852. The van der Waals surface area contributed by atoms with Crippen LogP contribution in [-0.4, -0.2) is 37.0 Å². The maximum atomic E-state index is 12.2. The molecular formula is C17H24N2O. The molecule has 0 spiro atoms. The molecule has 20 heavy (non-hydrogen) atoms. The Balaban J connectivity index is 1.56. The average molecular weight is 272 g/mol. The highest BCUT2D eigenvalue weighted by molar-refractivity contribution is 5.94. The van der Waals surface area contributed by atoms with E-state index in [0.717, 1.165) is 30.2 Å². The van der Waals surface area contributed by atoms with E-state index < -0.39 is 0 Å². The minimum absolute atomic E-state index is 0.0852. The molecule has 0 bridgehead atoms. The van der Waals surface area contributed by atoms with Gasteiger partial charge in [0, 0.05) is 18.2 Å². The number of amides is 1. The van der Waals surface area contributed by atoms with E-state index >= 15 is 0 Å². The predicted octanol–water partition coefficient (Wildman–Crippen LogP) is 2.54. The highest BCUT2D eigenvalue weighted by Crippen LogP contribution is 2.35. The normalized spacial score (nSPS) is 30.6. The summed E-state index contributed by atoms with van der Waals surface area (Å²) in [5.74, 6) is 1.74. The van der Waals surface area contributed by atoms with Gasteiger partial charge >= 0.3 is 0 Å². The van der Waals surface area contributed by atoms with Gasteiger partial charge in [0.05, 0.1) is 0 Å². The van der Waals surface area contributed by atoms with Crippen LogP contribution in [0.15, 0.2) is 30.3 Å². The van der Waals surface area contributed by atoms with E-state index in [-0.39, 0.29) is 5.91 Å². The van der Waals surface area contributed by atoms with Crippen LogP contribution in [0.2, 0.25) is 0 Å². The maximum absolute atomic E-state index is 12.2. The van der Waals surface area contributed by atoms with Crippen molar-refractivity contribution in [2.75, 3.05) is 20.1 Å². The molecule has 0 unspecified atom stereocenters. The Morgan fingerprint density at radius 3 is 2.75 bits per heavy atom. The Labute approximate surface area is 121 Å². The summed E-state index contributed by atoms with van der Waals surface area (Å²) in [7, 11) is 2.22. The molecule has 3 rings (SSSR count). The smallest absolute Gasteiger partial charge is 0.251 e. The van der Waals surface area contributed by atoms with Gasteiger partial charge in [0.25, 0.3) is 5.91 Å². The molecule has 1 saturated carbocycles. The second kappa shape index (κ2) is 5.96. The van der Waals surface area contributed by atoms with Gasteiger partial charge in [0.15, 0.2) is 0 Å². The molecule has 1 N–H and O–H groups in total. The van der Waals surface area contributed by atoms with Crippen LogP contribution < -0.4 is 5.32 Å². The monoisotopic (exact) mass is 272 g/mol. The Kier molecular flexibility index (Phi) is 4.06. The molecular weight excluding hydrogens is 248 g/mol. The lowest BCUT2D eigenvalue weighted by molar-refractivity contribution is 0.0771. The first kappa shape index (κ1) is 13.6. The summed E-state index contributed by atoms with van der Waals surface area (Å²) in [6, 6.07) is 9.92. The van der Waals surface area contributed by atoms with Crippen LogP contribution in [0.1, 0.15) is 36.0 Å². The molecule has 1 aromatic carbocycles. The first-order valence-corrected chi connectivity index (χ1v) is 7.77. The van der Waals surface area contributed by atoms with Gasteiger partial charge in [-0.3, -0.25) is 4.79 Å². The Bertz CT molecular complexity index is 459. The van der Waals surface area contributed by atoms with Gasteiger partial charge in [-0.05, 0) is 63.2 Å². The number of carbonyl (C=O) groups excluding carboxylic acids is 1. The van der Waals surface area contributed by atoms with Crippen molar-refractivity contribution in [3.63, 3.8) is 0 Å². The SMILES string of the molecule is CN1CC[C@H]2C[C@@H](NC(=O)c3ccccc3)CC[C@@H]2C1. The van der Waals surface area contributed by atoms with Gasteiger partial charge < -0.3 is 10.2 Å². The number of carbonyl (C=O) groups is 1. The van der Waals surface area contributed by atoms with Crippen LogP contribution >= 0.6 is 0 Å². The molecule has 0 aromatic heterocycles. The second-order valence-electron chi connectivity index (χ2n) is 6.42. The zero-order chi connectivity index (χ0) is 13.9. The molecule has 1 aromatic rings. The highest BCUT2D eigenvalue weighted by Gasteiger charge is 2.34. The molecule has 3 nitrogen and oxygen atoms in total. The number of likely N-dealkylation sites (tertiary alicyclic amines) is 1. The largest absolute Gasteiger partial charge is 0.349 e. The average Bonchev–Trinajstić information content (AvgIpc) is 2.48. The van der Waals surface area contributed by atoms with Gasteiger partial charge in [-0.15, -0.1) is 0 Å². The van der Waals surface area contributed by atoms with E-state index in [0.29, 0.717) is 6.04 Å². The van der Waals surface area contributed by atoms with Crippen LogP contribution in [0.4, 0.5) is 0 Å². The first-order chi connectivity index (χ1) is 9.72. The number of rotatable bonds is 2. The van der Waals surface area contributed by atoms with Crippen molar-refractivity contribution in [1.29, 1.82) is 0 Å². The number of benzene rings is 1. The van der Waals surface area contributed by atoms with Crippen LogP contribution in [-0.2, 0) is 0 Å². The van der Waals surface area contributed by atoms with E-state index in [1.807, 2.05) is 30.3 Å². The number of fused-ring (bicyclic) bond motifs is 1. The Morgan fingerprint density at radius 2 is 1.95 bits per heavy atom. The summed E-state index contributed by atoms with van der Waals surface area (Å²) in [6.45, 7) is 2.45. The molecule has 1 saturated heterocycles. The van der Waals surface area contributed by atoms with Crippen molar-refractivity contribution < 1.29 is 4.79 Å². The highest BCUT2D eigenvalue weighted by atomic mass is 16.1. The summed E-state index contributed by atoms with van der Waals surface area (Å²) in [5.41, 5.74) is 0.776. The third kappa shape index (κ3) is 3.04. The van der Waals surface area contributed by atoms with Gasteiger partial charge in [-0.2, -0.15) is 0 Å². The quantitative estimate of drug-likeness (QED) is 0.897. The molecule has 2 aliphatic rings. The summed E-state index contributed by atoms with van der Waals surface area (Å²) in [5, 5.41) is 3.23. The van der Waals surface area contributed by atoms with Gasteiger partial charge in [0.2, 0.25) is 0 Å². The predicted molar refractivity (Wildman–Crippen MR) is 80.6 cm³/mol. The second-order valence-corrected chi connectivity index (χ2v) is 6.42. The molecule has 2 fully saturated rings. The number of piperidine rings is 1. The lowest BCUT2D eigenvalue weighted by Gasteiger charge is -2.42. The third-order valence-electron chi connectivity index (χ3n) is 4.94. The number of hydrogen-bond acceptors (Lipinski definition) is 2. The maximum Gasteiger partial charge on any atom is 0.251 e. The van der Waals surface area contributed by atoms with Crippen molar-refractivity contribution in [2.24, 2.45) is 11.8 Å². The molecule has 1 heterocycles. The van der Waals surface area contributed by atoms with Crippen molar-refractivity contribution in [2.45, 2.75) is 31.7 Å². The van der Waals surface area contributed by atoms with Gasteiger partial charge in [-0.1, -0.05) is 18.2 Å². The topological polar surface area (TPSA) is 32.3 Å². The molecule has 1 aliphatic carbocycles. The third-order valence-corrected chi connectivity index (χ3v) is 4.94. The van der Waals surface area contributed by atoms with Crippen LogP contribution in [0.5, 0.6) is 0 Å². The lowest BCUT2D eigenvalue weighted by Crippen LogP contribution is -2.46. The minimum Gasteiger partial charge on any atom is -0.349 e. The van der Waals surface area contributed by atoms with Crippen LogP contribution in [0, 0.1) is 11.8 Å². The van der Waals surface area contributed by atoms with E-state index in [1.54, 1.807) is 0 Å². The molecule has 0 radical (unpaired) electrons. The summed E-state index contributed by atoms with van der Waals surface area (Å²) in [4.78, 5) is 14.7. The molecule has 108 valence electrons. The van der Waals surface area contributed by atoms with E-state index in [1.165, 1.54) is 25.9 Å². The zero-order valence-electron chi connectivity index (χ0n) is 12.2. The summed E-state index contributed by atoms with van der Waals surface area (Å²) >= 11 is 0. The lowest BCUT2D eigenvalue weighted by atomic mass is 9.73. The number of nitrogens with one attached hydrogen (secondary N) is 1. The van der Waals surface area contributed by atoms with E-state index in [4.69, 9.17) is 0 Å². The number of nitrogens with zero attached hydrogens (tertiary/aromatic N) is 1. The van der Waals surface area contributed by atoms with Crippen LogP contribution in [0.3, 0.4) is 0 Å². The van der Waals surface area contributed by atoms with Crippen molar-refractivity contribution in [1.82, 2.24) is 10.2 Å². The number of hydrogen-bond donors (Lipinski definition) is 1. The fraction of sp³-hybridized carbons (Fsp3) is 0.588. The van der Waals surface area contributed by atoms with E-state index in [9.17, 15) is 4.79 Å². The summed E-state index contributed by atoms with van der Waals surface area (Å²) < 4.78 is 0. The molecule has 3 atom stereocenters. The Hall–Kier alpha value is -1.35. The van der Waals surface area contributed by atoms with Crippen molar-refractivity contribution in [3.8, 4) is 0 Å². The van der Waals surface area contributed by atoms with Crippen LogP contribution in [0.25, 0.3) is 0 Å². The first-order valence-electron chi connectivity index (χ1n) is 7.77. The van der Waals surface area contributed by atoms with Crippen molar-refractivity contribution in [3.05, 3.63) is 35.9 Å². The standard InChI is InChI=1S/C17H24N2O/c1-19-10-9-14-11-16(8-7-15(14)12-19)18-17(20)13-5-3-2-4-6-13/h2-6,14-16H,7-12H2,1H3,(H,18,20)/t14-,15+,16-/m0/s1. The fourth-order valence-electron chi connectivity index (χ4n) is 3.79. The molecule has 3 heteroatoms. The summed E-state index contributed by atoms with van der Waals surface area (Å²) in [6.07, 6.45) is 4.85. The Morgan fingerprint density at radius 1 is 1.15 bits per heavy atom. The zero-order valence-corrected chi connectivity index (χ0v) is 12.2. The van der Waals surface area contributed by atoms with Gasteiger partial charge in [0.1, 0.15) is 0 Å². The fourth-order valence-corrected chi connectivity index (χ4v) is 3.79. The van der Waals surface area contributed by atoms with Crippen molar-refractivity contribution >= 4 is 5.91 Å². The van der Waals surface area contributed by atoms with E-state index in [2.05, 4.69) is 17.3 Å². The molecule has 1 aliphatic heterocycles. The van der Waals surface area contributed by atoms with Gasteiger partial charge in [-0.25, -0.2) is 0 Å².